The molecule has 1 amide bonds. The molecule has 120 valence electrons. The highest BCUT2D eigenvalue weighted by molar-refractivity contribution is 5.87. The topological polar surface area (TPSA) is 43.8 Å². The van der Waals surface area contributed by atoms with Gasteiger partial charge < -0.3 is 14.9 Å². The van der Waals surface area contributed by atoms with E-state index >= 15 is 0 Å². The second kappa shape index (κ2) is 6.01. The lowest BCUT2D eigenvalue weighted by atomic mass is 9.78. The average Bonchev–Trinajstić information content (AvgIpc) is 2.99. The van der Waals surface area contributed by atoms with E-state index in [0.29, 0.717) is 19.1 Å². The number of carbonyl (C=O) groups excluding carboxylic acids is 1. The maximum atomic E-state index is 13.1. The van der Waals surface area contributed by atoms with Gasteiger partial charge in [-0.15, -0.1) is 0 Å². The summed E-state index contributed by atoms with van der Waals surface area (Å²) in [7, 11) is 4.07. The van der Waals surface area contributed by atoms with E-state index in [1.165, 1.54) is 0 Å². The zero-order valence-electron chi connectivity index (χ0n) is 13.5. The summed E-state index contributed by atoms with van der Waals surface area (Å²) in [5.74, 6) is -0.0653. The summed E-state index contributed by atoms with van der Waals surface area (Å²) in [5, 5.41) is 11.4. The molecular formula is C18H26N2O2. The van der Waals surface area contributed by atoms with Crippen molar-refractivity contribution in [3.8, 4) is 0 Å². The van der Waals surface area contributed by atoms with Gasteiger partial charge in [-0.2, -0.15) is 0 Å². The molecule has 2 aliphatic rings. The Morgan fingerprint density at radius 2 is 1.77 bits per heavy atom. The first-order chi connectivity index (χ1) is 10.5. The van der Waals surface area contributed by atoms with Gasteiger partial charge in [0.05, 0.1) is 0 Å². The minimum absolute atomic E-state index is 0.0424. The molecule has 0 radical (unpaired) electrons. The summed E-state index contributed by atoms with van der Waals surface area (Å²) < 4.78 is 0. The molecule has 3 rings (SSSR count). The van der Waals surface area contributed by atoms with E-state index in [4.69, 9.17) is 0 Å². The summed E-state index contributed by atoms with van der Waals surface area (Å²) in [5.41, 5.74) is -0.602. The maximum Gasteiger partial charge on any atom is 0.259 e. The van der Waals surface area contributed by atoms with Crippen molar-refractivity contribution in [2.45, 2.75) is 37.3 Å². The predicted molar refractivity (Wildman–Crippen MR) is 86.4 cm³/mol. The molecule has 22 heavy (non-hydrogen) atoms. The fraction of sp³-hybridized carbons (Fsp3) is 0.611. The van der Waals surface area contributed by atoms with E-state index < -0.39 is 5.60 Å². The van der Waals surface area contributed by atoms with Gasteiger partial charge in [-0.25, -0.2) is 0 Å². The zero-order valence-corrected chi connectivity index (χ0v) is 13.5. The number of nitrogens with zero attached hydrogens (tertiary/aromatic N) is 2. The number of rotatable bonds is 4. The Labute approximate surface area is 132 Å². The molecule has 1 saturated carbocycles. The molecule has 0 bridgehead atoms. The highest BCUT2D eigenvalue weighted by Crippen LogP contribution is 2.42. The normalized spacial score (nSPS) is 22.6. The Kier molecular flexibility index (Phi) is 4.24. The van der Waals surface area contributed by atoms with Gasteiger partial charge in [0.1, 0.15) is 0 Å². The molecule has 1 N–H and O–H groups in total. The van der Waals surface area contributed by atoms with Crippen molar-refractivity contribution in [1.82, 2.24) is 9.80 Å². The third-order valence-electron chi connectivity index (χ3n) is 5.37. The molecule has 4 nitrogen and oxygen atoms in total. The van der Waals surface area contributed by atoms with Crippen molar-refractivity contribution >= 4 is 5.91 Å². The number of hydrogen-bond donors (Lipinski definition) is 1. The standard InChI is InChI=1S/C18H26N2O2/c1-19(2)16-12-20(13-16)17(21)18(22,15-10-6-7-11-15)14-8-4-3-5-9-14/h3-5,8-9,15-16,22H,6-7,10-13H2,1-2H3. The Bertz CT molecular complexity index is 519. The Morgan fingerprint density at radius 3 is 2.32 bits per heavy atom. The lowest BCUT2D eigenvalue weighted by Crippen LogP contribution is -2.64. The van der Waals surface area contributed by atoms with Crippen LogP contribution in [0.1, 0.15) is 31.2 Å². The van der Waals surface area contributed by atoms with Crippen molar-refractivity contribution in [3.63, 3.8) is 0 Å². The molecule has 1 aromatic rings. The summed E-state index contributed by atoms with van der Waals surface area (Å²) in [4.78, 5) is 17.0. The van der Waals surface area contributed by atoms with Crippen molar-refractivity contribution < 1.29 is 9.90 Å². The van der Waals surface area contributed by atoms with Gasteiger partial charge in [0, 0.05) is 25.0 Å². The number of likely N-dealkylation sites (tertiary alicyclic amines) is 1. The first-order valence-corrected chi connectivity index (χ1v) is 8.27. The van der Waals surface area contributed by atoms with Crippen molar-refractivity contribution in [3.05, 3.63) is 35.9 Å². The van der Waals surface area contributed by atoms with Crippen LogP contribution in [0.15, 0.2) is 30.3 Å². The molecule has 1 saturated heterocycles. The van der Waals surface area contributed by atoms with E-state index in [-0.39, 0.29) is 11.8 Å². The third kappa shape index (κ3) is 2.55. The number of aliphatic hydroxyl groups is 1. The highest BCUT2D eigenvalue weighted by atomic mass is 16.3. The van der Waals surface area contributed by atoms with E-state index in [9.17, 15) is 9.90 Å². The van der Waals surface area contributed by atoms with Gasteiger partial charge in [0.2, 0.25) is 0 Å². The molecule has 4 heteroatoms. The van der Waals surface area contributed by atoms with Crippen LogP contribution < -0.4 is 0 Å². The quantitative estimate of drug-likeness (QED) is 0.923. The van der Waals surface area contributed by atoms with Crippen LogP contribution in [-0.2, 0) is 10.4 Å². The first-order valence-electron chi connectivity index (χ1n) is 8.27. The number of likely N-dealkylation sites (N-methyl/N-ethyl adjacent to an activating group) is 1. The van der Waals surface area contributed by atoms with Crippen LogP contribution in [-0.4, -0.2) is 54.0 Å². The van der Waals surface area contributed by atoms with E-state index in [0.717, 1.165) is 31.2 Å². The van der Waals surface area contributed by atoms with Crippen LogP contribution in [0.2, 0.25) is 0 Å². The minimum Gasteiger partial charge on any atom is -0.375 e. The van der Waals surface area contributed by atoms with Crippen molar-refractivity contribution in [2.24, 2.45) is 5.92 Å². The lowest BCUT2D eigenvalue weighted by molar-refractivity contribution is -0.166. The zero-order chi connectivity index (χ0) is 15.7. The highest BCUT2D eigenvalue weighted by Gasteiger charge is 2.50. The third-order valence-corrected chi connectivity index (χ3v) is 5.37. The molecule has 0 aromatic heterocycles. The fourth-order valence-corrected chi connectivity index (χ4v) is 3.76. The fourth-order valence-electron chi connectivity index (χ4n) is 3.76. The molecule has 1 aromatic carbocycles. The molecule has 1 unspecified atom stereocenters. The van der Waals surface area contributed by atoms with Gasteiger partial charge >= 0.3 is 0 Å². The first kappa shape index (κ1) is 15.5. The monoisotopic (exact) mass is 302 g/mol. The van der Waals surface area contributed by atoms with Gasteiger partial charge in [-0.05, 0) is 32.5 Å². The van der Waals surface area contributed by atoms with Crippen LogP contribution in [0.25, 0.3) is 0 Å². The van der Waals surface area contributed by atoms with E-state index in [2.05, 4.69) is 4.90 Å². The van der Waals surface area contributed by atoms with Crippen LogP contribution in [0, 0.1) is 5.92 Å². The van der Waals surface area contributed by atoms with Gasteiger partial charge in [-0.3, -0.25) is 4.79 Å². The molecular weight excluding hydrogens is 276 g/mol. The SMILES string of the molecule is CN(C)C1CN(C(=O)C(O)(c2ccccc2)C2CCCC2)C1. The predicted octanol–water partition coefficient (Wildman–Crippen LogP) is 1.84. The summed E-state index contributed by atoms with van der Waals surface area (Å²) in [6.45, 7) is 1.43. The largest absolute Gasteiger partial charge is 0.375 e. The van der Waals surface area contributed by atoms with Gasteiger partial charge in [-0.1, -0.05) is 43.2 Å². The number of carbonyl (C=O) groups is 1. The smallest absolute Gasteiger partial charge is 0.259 e. The van der Waals surface area contributed by atoms with Gasteiger partial charge in [0.15, 0.2) is 5.60 Å². The number of hydrogen-bond acceptors (Lipinski definition) is 3. The molecule has 1 aliphatic heterocycles. The second-order valence-electron chi connectivity index (χ2n) is 6.94. The van der Waals surface area contributed by atoms with Crippen LogP contribution in [0.5, 0.6) is 0 Å². The summed E-state index contributed by atoms with van der Waals surface area (Å²) in [6, 6.07) is 9.92. The average molecular weight is 302 g/mol. The van der Waals surface area contributed by atoms with E-state index in [1.807, 2.05) is 49.3 Å². The molecule has 2 fully saturated rings. The second-order valence-corrected chi connectivity index (χ2v) is 6.94. The van der Waals surface area contributed by atoms with Crippen LogP contribution >= 0.6 is 0 Å². The maximum absolute atomic E-state index is 13.1. The Hall–Kier alpha value is -1.39. The summed E-state index contributed by atoms with van der Waals surface area (Å²) >= 11 is 0. The summed E-state index contributed by atoms with van der Waals surface area (Å²) in [6.07, 6.45) is 4.07. The molecule has 0 spiro atoms. The molecule has 1 heterocycles. The van der Waals surface area contributed by atoms with Crippen molar-refractivity contribution in [2.75, 3.05) is 27.2 Å². The Balaban J connectivity index is 1.85. The van der Waals surface area contributed by atoms with Gasteiger partial charge in [0.25, 0.3) is 5.91 Å². The number of benzene rings is 1. The molecule has 1 aliphatic carbocycles. The van der Waals surface area contributed by atoms with Crippen LogP contribution in [0.3, 0.4) is 0 Å². The lowest BCUT2D eigenvalue weighted by Gasteiger charge is -2.47. The Morgan fingerprint density at radius 1 is 1.18 bits per heavy atom. The van der Waals surface area contributed by atoms with E-state index in [1.54, 1.807) is 0 Å². The van der Waals surface area contributed by atoms with Crippen LogP contribution in [0.4, 0.5) is 0 Å². The van der Waals surface area contributed by atoms with Crippen molar-refractivity contribution in [1.29, 1.82) is 0 Å². The molecule has 1 atom stereocenters. The minimum atomic E-state index is -1.35. The number of amides is 1.